The maximum Gasteiger partial charge on any atom is 0.339 e. The lowest BCUT2D eigenvalue weighted by atomic mass is 10.0. The van der Waals surface area contributed by atoms with Crippen molar-refractivity contribution in [2.24, 2.45) is 0 Å². The minimum Gasteiger partial charge on any atom is -0.491 e. The van der Waals surface area contributed by atoms with E-state index in [0.29, 0.717) is 23.4 Å². The zero-order chi connectivity index (χ0) is 27.8. The summed E-state index contributed by atoms with van der Waals surface area (Å²) in [4.78, 5) is 23.2. The van der Waals surface area contributed by atoms with Crippen LogP contribution in [0, 0.1) is 17.0 Å². The quantitative estimate of drug-likeness (QED) is 0.105. The second-order valence-corrected chi connectivity index (χ2v) is 9.37. The second-order valence-electron chi connectivity index (χ2n) is 9.37. The monoisotopic (exact) mass is 536 g/mol. The number of ether oxygens (including phenoxy) is 2. The van der Waals surface area contributed by atoms with Gasteiger partial charge in [-0.2, -0.15) is 0 Å². The molecule has 1 atom stereocenters. The number of nitro benzene ring substituents is 1. The fourth-order valence-electron chi connectivity index (χ4n) is 4.32. The first-order chi connectivity index (χ1) is 18.9. The molecule has 0 radical (unpaired) electrons. The van der Waals surface area contributed by atoms with Crippen LogP contribution >= 0.6 is 0 Å². The SMILES string of the molecule is CCCCCCc1c(C)c2ccc(OCC(O)Cn3cc(COc4ccccc4[N+](=O)[O-])nn3)cc2oc1=O. The molecular formula is C28H32N4O7. The Morgan fingerprint density at radius 3 is 2.77 bits per heavy atom. The molecule has 11 nitrogen and oxygen atoms in total. The number of hydrogen-bond acceptors (Lipinski definition) is 9. The van der Waals surface area contributed by atoms with Gasteiger partial charge in [-0.3, -0.25) is 10.1 Å². The van der Waals surface area contributed by atoms with Crippen LogP contribution in [0.2, 0.25) is 0 Å². The average Bonchev–Trinajstić information content (AvgIpc) is 3.37. The third-order valence-corrected chi connectivity index (χ3v) is 6.40. The predicted molar refractivity (Wildman–Crippen MR) is 144 cm³/mol. The number of aliphatic hydroxyl groups excluding tert-OH is 1. The highest BCUT2D eigenvalue weighted by Gasteiger charge is 2.16. The van der Waals surface area contributed by atoms with Crippen LogP contribution in [0.5, 0.6) is 11.5 Å². The van der Waals surface area contributed by atoms with E-state index in [2.05, 4.69) is 17.2 Å². The maximum atomic E-state index is 12.6. The van der Waals surface area contributed by atoms with Crippen molar-refractivity contribution in [1.82, 2.24) is 15.0 Å². The lowest BCUT2D eigenvalue weighted by Gasteiger charge is -2.13. The number of hydrogen-bond donors (Lipinski definition) is 1. The summed E-state index contributed by atoms with van der Waals surface area (Å²) in [7, 11) is 0. The largest absolute Gasteiger partial charge is 0.491 e. The number of nitrogens with zero attached hydrogens (tertiary/aromatic N) is 4. The van der Waals surface area contributed by atoms with Crippen molar-refractivity contribution in [3.05, 3.63) is 86.0 Å². The van der Waals surface area contributed by atoms with Crippen LogP contribution in [-0.2, 0) is 19.6 Å². The Balaban J connectivity index is 1.31. The number of aliphatic hydroxyl groups is 1. The maximum absolute atomic E-state index is 12.6. The Hall–Kier alpha value is -4.25. The standard InChI is InChI=1S/C28H32N4O7/c1-3-4-5-6-9-24-19(2)23-13-12-22(14-27(23)39-28(24)34)37-18-21(33)16-31-15-20(29-30-31)17-38-26-11-8-7-10-25(26)32(35)36/h7-8,10-15,21,33H,3-6,9,16-18H2,1-2H3. The van der Waals surface area contributed by atoms with Crippen LogP contribution in [0.3, 0.4) is 0 Å². The van der Waals surface area contributed by atoms with E-state index in [1.165, 1.54) is 16.8 Å². The minimum absolute atomic E-state index is 0.0143. The molecular weight excluding hydrogens is 504 g/mol. The number of aromatic nitrogens is 3. The summed E-state index contributed by atoms with van der Waals surface area (Å²) < 4.78 is 18.3. The lowest BCUT2D eigenvalue weighted by molar-refractivity contribution is -0.385. The fourth-order valence-corrected chi connectivity index (χ4v) is 4.32. The van der Waals surface area contributed by atoms with Crippen molar-refractivity contribution < 1.29 is 23.9 Å². The first-order valence-electron chi connectivity index (χ1n) is 13.0. The number of nitro groups is 1. The highest BCUT2D eigenvalue weighted by molar-refractivity contribution is 5.82. The van der Waals surface area contributed by atoms with Gasteiger partial charge in [0.1, 0.15) is 36.3 Å². The molecule has 4 aromatic rings. The number of benzene rings is 2. The molecule has 0 aliphatic rings. The van der Waals surface area contributed by atoms with Crippen molar-refractivity contribution in [2.45, 2.75) is 65.2 Å². The highest BCUT2D eigenvalue weighted by Crippen LogP contribution is 2.27. The molecule has 2 heterocycles. The third-order valence-electron chi connectivity index (χ3n) is 6.40. The van der Waals surface area contributed by atoms with Crippen molar-refractivity contribution in [2.75, 3.05) is 6.61 Å². The predicted octanol–water partition coefficient (Wildman–Crippen LogP) is 4.74. The van der Waals surface area contributed by atoms with E-state index in [9.17, 15) is 20.0 Å². The molecule has 0 saturated carbocycles. The van der Waals surface area contributed by atoms with Gasteiger partial charge in [-0.05, 0) is 43.5 Å². The normalized spacial score (nSPS) is 12.0. The number of rotatable bonds is 14. The van der Waals surface area contributed by atoms with Crippen LogP contribution in [0.4, 0.5) is 5.69 Å². The second kappa shape index (κ2) is 13.0. The Bertz CT molecular complexity index is 1480. The zero-order valence-corrected chi connectivity index (χ0v) is 22.0. The minimum atomic E-state index is -0.898. The van der Waals surface area contributed by atoms with Crippen molar-refractivity contribution in [3.63, 3.8) is 0 Å². The Morgan fingerprint density at radius 2 is 1.97 bits per heavy atom. The summed E-state index contributed by atoms with van der Waals surface area (Å²) >= 11 is 0. The van der Waals surface area contributed by atoms with E-state index in [-0.39, 0.29) is 36.8 Å². The van der Waals surface area contributed by atoms with Gasteiger partial charge in [-0.15, -0.1) is 5.10 Å². The average molecular weight is 537 g/mol. The van der Waals surface area contributed by atoms with E-state index < -0.39 is 11.0 Å². The molecule has 0 amide bonds. The molecule has 11 heteroatoms. The van der Waals surface area contributed by atoms with E-state index >= 15 is 0 Å². The smallest absolute Gasteiger partial charge is 0.339 e. The number of para-hydroxylation sites is 2. The molecule has 0 fully saturated rings. The van der Waals surface area contributed by atoms with Crippen molar-refractivity contribution in [3.8, 4) is 11.5 Å². The van der Waals surface area contributed by atoms with Gasteiger partial charge in [0.25, 0.3) is 0 Å². The van der Waals surface area contributed by atoms with Crippen LogP contribution in [0.1, 0.15) is 49.4 Å². The van der Waals surface area contributed by atoms with Crippen LogP contribution in [0.25, 0.3) is 11.0 Å². The Morgan fingerprint density at radius 1 is 1.15 bits per heavy atom. The molecule has 0 aliphatic heterocycles. The van der Waals surface area contributed by atoms with Gasteiger partial charge < -0.3 is 19.0 Å². The molecule has 1 unspecified atom stereocenters. The fraction of sp³-hybridized carbons (Fsp3) is 0.393. The number of aryl methyl sites for hydroxylation is 1. The Kier molecular flexibility index (Phi) is 9.27. The summed E-state index contributed by atoms with van der Waals surface area (Å²) in [5, 5.41) is 30.4. The van der Waals surface area contributed by atoms with Gasteiger partial charge in [0.2, 0.25) is 0 Å². The molecule has 39 heavy (non-hydrogen) atoms. The highest BCUT2D eigenvalue weighted by atomic mass is 16.6. The third kappa shape index (κ3) is 7.20. The molecule has 4 rings (SSSR count). The first-order valence-corrected chi connectivity index (χ1v) is 13.0. The Labute approximate surface area is 225 Å². The molecule has 206 valence electrons. The van der Waals surface area contributed by atoms with E-state index in [1.54, 1.807) is 30.5 Å². The molecule has 2 aromatic carbocycles. The van der Waals surface area contributed by atoms with Crippen molar-refractivity contribution in [1.29, 1.82) is 0 Å². The molecule has 0 spiro atoms. The van der Waals surface area contributed by atoms with Crippen LogP contribution in [0.15, 0.2) is 57.9 Å². The number of unbranched alkanes of at least 4 members (excludes halogenated alkanes) is 3. The van der Waals surface area contributed by atoms with E-state index in [1.807, 2.05) is 13.0 Å². The van der Waals surface area contributed by atoms with E-state index in [4.69, 9.17) is 13.9 Å². The van der Waals surface area contributed by atoms with Gasteiger partial charge in [0.05, 0.1) is 17.7 Å². The molecule has 2 aromatic heterocycles. The first kappa shape index (κ1) is 27.8. The lowest BCUT2D eigenvalue weighted by Crippen LogP contribution is -2.24. The molecule has 1 N–H and O–H groups in total. The van der Waals surface area contributed by atoms with Gasteiger partial charge in [-0.1, -0.05) is 43.5 Å². The van der Waals surface area contributed by atoms with Crippen molar-refractivity contribution >= 4 is 16.7 Å². The molecule has 0 bridgehead atoms. The van der Waals surface area contributed by atoms with Crippen LogP contribution < -0.4 is 15.1 Å². The zero-order valence-electron chi connectivity index (χ0n) is 22.0. The van der Waals surface area contributed by atoms with Crippen LogP contribution in [-0.4, -0.2) is 37.7 Å². The summed E-state index contributed by atoms with van der Waals surface area (Å²) in [6.07, 6.45) is 5.73. The summed E-state index contributed by atoms with van der Waals surface area (Å²) in [5.74, 6) is 0.604. The van der Waals surface area contributed by atoms with Gasteiger partial charge in [0.15, 0.2) is 5.75 Å². The van der Waals surface area contributed by atoms with Gasteiger partial charge >= 0.3 is 11.3 Å². The van der Waals surface area contributed by atoms with Gasteiger partial charge in [0, 0.05) is 23.1 Å². The summed E-state index contributed by atoms with van der Waals surface area (Å²) in [5.41, 5.74) is 2.09. The molecule has 0 saturated heterocycles. The summed E-state index contributed by atoms with van der Waals surface area (Å²) in [6.45, 7) is 4.17. The van der Waals surface area contributed by atoms with Gasteiger partial charge in [-0.25, -0.2) is 9.48 Å². The number of fused-ring (bicyclic) bond motifs is 1. The molecule has 0 aliphatic carbocycles. The topological polar surface area (TPSA) is 143 Å². The summed E-state index contributed by atoms with van der Waals surface area (Å²) in [6, 6.07) is 11.4. The van der Waals surface area contributed by atoms with E-state index in [0.717, 1.165) is 42.2 Å².